The summed E-state index contributed by atoms with van der Waals surface area (Å²) in [5, 5.41) is 0. The SMILES string of the molecule is C1=CC(c2nc(-c3ccccc3)cc(-c3ccccc3)n2)=CCC(c2ccccc2)(c2ccccc2)c2cc(-c3cc(-c4ccncc4)nc(-c4ccncc4)c3)ccc2OC1. The molecule has 0 atom stereocenters. The zero-order chi connectivity index (χ0) is 41.6. The summed E-state index contributed by atoms with van der Waals surface area (Å²) < 4.78 is 6.83. The fourth-order valence-electron chi connectivity index (χ4n) is 8.38. The molecular weight excluding hydrogens is 759 g/mol. The second kappa shape index (κ2) is 17.3. The Morgan fingerprint density at radius 3 is 1.44 bits per heavy atom. The molecule has 6 heteroatoms. The molecule has 0 radical (unpaired) electrons. The third-order valence-electron chi connectivity index (χ3n) is 11.5. The van der Waals surface area contributed by atoms with Gasteiger partial charge in [0.05, 0.1) is 28.2 Å². The summed E-state index contributed by atoms with van der Waals surface area (Å²) in [6.45, 7) is 0.348. The number of hydrogen-bond donors (Lipinski definition) is 0. The molecule has 6 nitrogen and oxygen atoms in total. The molecular formula is C56H41N5O. The lowest BCUT2D eigenvalue weighted by Gasteiger charge is -2.37. The smallest absolute Gasteiger partial charge is 0.160 e. The van der Waals surface area contributed by atoms with Crippen LogP contribution in [0.1, 0.15) is 28.9 Å². The molecule has 1 aliphatic rings. The standard InChI is InChI=1S/C56H41N5O/c1-5-14-40(15-6-1)52-39-53(41-16-7-2-8-17-41)61-55(60-52)44-18-13-35-62-54-24-23-45(36-49(54)56(30-25-44,47-19-9-3-10-20-47)48-21-11-4-12-22-48)46-37-50(42-26-31-57-32-27-42)59-51(38-46)43-28-33-58-34-29-43/h1-29,31-34,36-39H,30,35H2. The number of pyridine rings is 3. The lowest BCUT2D eigenvalue weighted by Crippen LogP contribution is -2.30. The van der Waals surface area contributed by atoms with E-state index in [0.29, 0.717) is 18.9 Å². The van der Waals surface area contributed by atoms with Crippen LogP contribution < -0.4 is 4.74 Å². The lowest BCUT2D eigenvalue weighted by atomic mass is 9.66. The van der Waals surface area contributed by atoms with Crippen molar-refractivity contribution < 1.29 is 4.74 Å². The normalized spacial score (nSPS) is 13.3. The Bertz CT molecular complexity index is 2860. The molecule has 296 valence electrons. The van der Waals surface area contributed by atoms with Crippen molar-refractivity contribution in [3.63, 3.8) is 0 Å². The number of aromatic nitrogens is 5. The molecule has 10 rings (SSSR count). The highest BCUT2D eigenvalue weighted by Gasteiger charge is 2.39. The van der Waals surface area contributed by atoms with E-state index in [4.69, 9.17) is 19.7 Å². The third kappa shape index (κ3) is 7.73. The first-order valence-corrected chi connectivity index (χ1v) is 20.8. The van der Waals surface area contributed by atoms with Crippen LogP contribution in [-0.4, -0.2) is 31.5 Å². The van der Waals surface area contributed by atoms with Gasteiger partial charge in [-0.2, -0.15) is 0 Å². The van der Waals surface area contributed by atoms with Crippen LogP contribution in [0.15, 0.2) is 225 Å². The molecule has 5 aromatic carbocycles. The molecule has 0 aliphatic carbocycles. The molecule has 0 fully saturated rings. The first kappa shape index (κ1) is 38.1. The van der Waals surface area contributed by atoms with E-state index in [-0.39, 0.29) is 0 Å². The Hall–Kier alpha value is -8.09. The molecule has 62 heavy (non-hydrogen) atoms. The highest BCUT2D eigenvalue weighted by atomic mass is 16.5. The van der Waals surface area contributed by atoms with Crippen LogP contribution in [0.4, 0.5) is 0 Å². The van der Waals surface area contributed by atoms with Gasteiger partial charge in [-0.25, -0.2) is 15.0 Å². The van der Waals surface area contributed by atoms with Crippen LogP contribution in [0, 0.1) is 0 Å². The van der Waals surface area contributed by atoms with Gasteiger partial charge in [-0.3, -0.25) is 9.97 Å². The summed E-state index contributed by atoms with van der Waals surface area (Å²) in [7, 11) is 0. The van der Waals surface area contributed by atoms with Gasteiger partial charge in [-0.1, -0.05) is 140 Å². The molecule has 0 amide bonds. The van der Waals surface area contributed by atoms with E-state index in [1.807, 2.05) is 60.7 Å². The number of nitrogens with zero attached hydrogens (tertiary/aromatic N) is 5. The molecule has 0 unspecified atom stereocenters. The number of allylic oxidation sites excluding steroid dienone is 3. The van der Waals surface area contributed by atoms with Crippen molar-refractivity contribution in [2.24, 2.45) is 0 Å². The van der Waals surface area contributed by atoms with E-state index < -0.39 is 5.41 Å². The summed E-state index contributed by atoms with van der Waals surface area (Å²) >= 11 is 0. The quantitative estimate of drug-likeness (QED) is 0.152. The van der Waals surface area contributed by atoms with E-state index in [0.717, 1.165) is 84.2 Å². The Kier molecular flexibility index (Phi) is 10.6. The summed E-state index contributed by atoms with van der Waals surface area (Å²) in [6, 6.07) is 63.2. The molecule has 0 N–H and O–H groups in total. The van der Waals surface area contributed by atoms with Crippen LogP contribution in [0.2, 0.25) is 0 Å². The molecule has 0 spiro atoms. The monoisotopic (exact) mass is 799 g/mol. The van der Waals surface area contributed by atoms with Gasteiger partial charge in [0, 0.05) is 58.2 Å². The highest BCUT2D eigenvalue weighted by Crippen LogP contribution is 2.48. The van der Waals surface area contributed by atoms with Crippen LogP contribution in [0.3, 0.4) is 0 Å². The van der Waals surface area contributed by atoms with Crippen molar-refractivity contribution in [3.05, 3.63) is 248 Å². The van der Waals surface area contributed by atoms with Gasteiger partial charge >= 0.3 is 0 Å². The number of benzene rings is 5. The van der Waals surface area contributed by atoms with Gasteiger partial charge in [0.15, 0.2) is 5.82 Å². The predicted octanol–water partition coefficient (Wildman–Crippen LogP) is 12.8. The van der Waals surface area contributed by atoms with Crippen molar-refractivity contribution in [2.45, 2.75) is 11.8 Å². The van der Waals surface area contributed by atoms with Gasteiger partial charge in [0.1, 0.15) is 12.4 Å². The van der Waals surface area contributed by atoms with E-state index in [1.54, 1.807) is 24.8 Å². The van der Waals surface area contributed by atoms with Gasteiger partial charge in [0.2, 0.25) is 0 Å². The lowest BCUT2D eigenvalue weighted by molar-refractivity contribution is 0.352. The minimum absolute atomic E-state index is 0.348. The van der Waals surface area contributed by atoms with Crippen molar-refractivity contribution in [1.29, 1.82) is 0 Å². The van der Waals surface area contributed by atoms with E-state index in [2.05, 4.69) is 150 Å². The Labute approximate surface area is 361 Å². The maximum Gasteiger partial charge on any atom is 0.160 e. The number of fused-ring (bicyclic) bond motifs is 1. The molecule has 9 aromatic rings. The van der Waals surface area contributed by atoms with Crippen molar-refractivity contribution in [2.75, 3.05) is 6.61 Å². The summed E-state index contributed by atoms with van der Waals surface area (Å²) in [5.74, 6) is 1.46. The van der Waals surface area contributed by atoms with Gasteiger partial charge in [-0.15, -0.1) is 0 Å². The first-order valence-electron chi connectivity index (χ1n) is 20.8. The number of hydrogen-bond acceptors (Lipinski definition) is 6. The molecule has 0 bridgehead atoms. The minimum Gasteiger partial charge on any atom is -0.489 e. The number of ether oxygens (including phenoxy) is 1. The van der Waals surface area contributed by atoms with Gasteiger partial charge in [-0.05, 0) is 89.3 Å². The Morgan fingerprint density at radius 1 is 0.419 bits per heavy atom. The second-order valence-electron chi connectivity index (χ2n) is 15.2. The topological polar surface area (TPSA) is 73.7 Å². The summed E-state index contributed by atoms with van der Waals surface area (Å²) in [6.07, 6.45) is 14.3. The average molecular weight is 800 g/mol. The fraction of sp³-hybridized carbons (Fsp3) is 0.0536. The fourth-order valence-corrected chi connectivity index (χ4v) is 8.38. The first-order chi connectivity index (χ1) is 30.7. The average Bonchev–Trinajstić information content (AvgIpc) is 3.36. The molecule has 5 heterocycles. The van der Waals surface area contributed by atoms with E-state index >= 15 is 0 Å². The largest absolute Gasteiger partial charge is 0.489 e. The minimum atomic E-state index is -0.696. The number of rotatable bonds is 8. The van der Waals surface area contributed by atoms with Gasteiger partial charge in [0.25, 0.3) is 0 Å². The zero-order valence-corrected chi connectivity index (χ0v) is 33.9. The van der Waals surface area contributed by atoms with Crippen molar-refractivity contribution in [3.8, 4) is 61.9 Å². The maximum absolute atomic E-state index is 6.83. The Balaban J connectivity index is 1.19. The van der Waals surface area contributed by atoms with Crippen LogP contribution in [0.5, 0.6) is 5.75 Å². The van der Waals surface area contributed by atoms with E-state index in [1.165, 1.54) is 0 Å². The summed E-state index contributed by atoms with van der Waals surface area (Å²) in [5.41, 5.74) is 13.1. The molecule has 0 saturated carbocycles. The summed E-state index contributed by atoms with van der Waals surface area (Å²) in [4.78, 5) is 24.2. The zero-order valence-electron chi connectivity index (χ0n) is 33.9. The molecule has 0 saturated heterocycles. The maximum atomic E-state index is 6.83. The van der Waals surface area contributed by atoms with Crippen LogP contribution in [0.25, 0.3) is 61.7 Å². The highest BCUT2D eigenvalue weighted by molar-refractivity contribution is 5.79. The molecule has 4 aromatic heterocycles. The Morgan fingerprint density at radius 2 is 0.903 bits per heavy atom. The third-order valence-corrected chi connectivity index (χ3v) is 11.5. The van der Waals surface area contributed by atoms with Gasteiger partial charge < -0.3 is 4.74 Å². The van der Waals surface area contributed by atoms with Crippen LogP contribution in [-0.2, 0) is 5.41 Å². The van der Waals surface area contributed by atoms with Crippen LogP contribution >= 0.6 is 0 Å². The van der Waals surface area contributed by atoms with E-state index in [9.17, 15) is 0 Å². The second-order valence-corrected chi connectivity index (χ2v) is 15.2. The van der Waals surface area contributed by atoms with Crippen molar-refractivity contribution >= 4 is 5.57 Å². The molecule has 1 aliphatic heterocycles. The predicted molar refractivity (Wildman–Crippen MR) is 249 cm³/mol. The van der Waals surface area contributed by atoms with Crippen molar-refractivity contribution in [1.82, 2.24) is 24.9 Å².